The van der Waals surface area contributed by atoms with Gasteiger partial charge >= 0.3 is 5.97 Å². The van der Waals surface area contributed by atoms with Crippen LogP contribution >= 0.6 is 0 Å². The second-order valence-electron chi connectivity index (χ2n) is 5.98. The van der Waals surface area contributed by atoms with Gasteiger partial charge in [0.2, 0.25) is 0 Å². The number of rotatable bonds is 5. The third kappa shape index (κ3) is 3.58. The molecule has 4 heteroatoms. The summed E-state index contributed by atoms with van der Waals surface area (Å²) in [5.41, 5.74) is 1.04. The van der Waals surface area contributed by atoms with Crippen LogP contribution in [0.4, 0.5) is 0 Å². The van der Waals surface area contributed by atoms with Crippen LogP contribution in [0.2, 0.25) is 0 Å². The second-order valence-corrected chi connectivity index (χ2v) is 5.98. The maximum atomic E-state index is 11.0. The summed E-state index contributed by atoms with van der Waals surface area (Å²) in [5, 5.41) is 22.1. The van der Waals surface area contributed by atoms with Gasteiger partial charge in [0.15, 0.2) is 0 Å². The van der Waals surface area contributed by atoms with Crippen LogP contribution in [0.25, 0.3) is 0 Å². The molecular weight excluding hydrogens is 254 g/mol. The highest BCUT2D eigenvalue weighted by atomic mass is 16.4. The monoisotopic (exact) mass is 277 g/mol. The van der Waals surface area contributed by atoms with Gasteiger partial charge in [-0.2, -0.15) is 0 Å². The predicted molar refractivity (Wildman–Crippen MR) is 77.7 cm³/mol. The SMILES string of the molecule is CC1CCC(CO)(NCc2cccc(C(=O)O)c2)CC1. The van der Waals surface area contributed by atoms with E-state index in [2.05, 4.69) is 12.2 Å². The number of nitrogens with one attached hydrogen (secondary N) is 1. The van der Waals surface area contributed by atoms with Crippen LogP contribution in [0.15, 0.2) is 24.3 Å². The van der Waals surface area contributed by atoms with Gasteiger partial charge in [-0.3, -0.25) is 0 Å². The van der Waals surface area contributed by atoms with Crippen molar-refractivity contribution in [2.75, 3.05) is 6.61 Å². The van der Waals surface area contributed by atoms with E-state index in [-0.39, 0.29) is 12.1 Å². The zero-order valence-corrected chi connectivity index (χ0v) is 11.9. The van der Waals surface area contributed by atoms with E-state index in [1.54, 1.807) is 18.2 Å². The first-order valence-electron chi connectivity index (χ1n) is 7.23. The lowest BCUT2D eigenvalue weighted by Gasteiger charge is -2.39. The molecule has 0 saturated heterocycles. The molecule has 1 aromatic rings. The zero-order valence-electron chi connectivity index (χ0n) is 11.9. The Morgan fingerprint density at radius 3 is 2.70 bits per heavy atom. The highest BCUT2D eigenvalue weighted by molar-refractivity contribution is 5.87. The Morgan fingerprint density at radius 1 is 1.40 bits per heavy atom. The predicted octanol–water partition coefficient (Wildman–Crippen LogP) is 2.42. The molecule has 0 atom stereocenters. The lowest BCUT2D eigenvalue weighted by Crippen LogP contribution is -2.50. The van der Waals surface area contributed by atoms with Gasteiger partial charge in [0, 0.05) is 12.1 Å². The van der Waals surface area contributed by atoms with E-state index < -0.39 is 5.97 Å². The lowest BCUT2D eigenvalue weighted by molar-refractivity contribution is 0.0696. The first kappa shape index (κ1) is 15.0. The van der Waals surface area contributed by atoms with Crippen LogP contribution in [0.3, 0.4) is 0 Å². The van der Waals surface area contributed by atoms with E-state index in [1.807, 2.05) is 6.07 Å². The van der Waals surface area contributed by atoms with Gasteiger partial charge in [-0.05, 0) is 49.3 Å². The van der Waals surface area contributed by atoms with Crippen molar-refractivity contribution < 1.29 is 15.0 Å². The van der Waals surface area contributed by atoms with E-state index in [0.29, 0.717) is 12.1 Å². The minimum atomic E-state index is -0.907. The Balaban J connectivity index is 1.99. The van der Waals surface area contributed by atoms with E-state index >= 15 is 0 Å². The molecule has 0 aliphatic heterocycles. The molecule has 110 valence electrons. The number of carbonyl (C=O) groups is 1. The average molecular weight is 277 g/mol. The van der Waals surface area contributed by atoms with E-state index in [4.69, 9.17) is 5.11 Å². The molecule has 1 aliphatic carbocycles. The van der Waals surface area contributed by atoms with E-state index in [1.165, 1.54) is 0 Å². The van der Waals surface area contributed by atoms with Gasteiger partial charge in [-0.15, -0.1) is 0 Å². The highest BCUT2D eigenvalue weighted by Crippen LogP contribution is 2.31. The second kappa shape index (κ2) is 6.37. The molecule has 20 heavy (non-hydrogen) atoms. The van der Waals surface area contributed by atoms with Crippen LogP contribution in [-0.4, -0.2) is 28.3 Å². The summed E-state index contributed by atoms with van der Waals surface area (Å²) < 4.78 is 0. The summed E-state index contributed by atoms with van der Waals surface area (Å²) in [4.78, 5) is 11.0. The molecule has 1 aliphatic rings. The molecule has 0 amide bonds. The maximum Gasteiger partial charge on any atom is 0.335 e. The molecule has 4 nitrogen and oxygen atoms in total. The number of carboxylic acid groups (broad SMARTS) is 1. The first-order valence-corrected chi connectivity index (χ1v) is 7.23. The van der Waals surface area contributed by atoms with Crippen molar-refractivity contribution in [1.82, 2.24) is 5.32 Å². The van der Waals surface area contributed by atoms with Crippen molar-refractivity contribution in [3.8, 4) is 0 Å². The Kier molecular flexibility index (Phi) is 4.78. The van der Waals surface area contributed by atoms with Gasteiger partial charge < -0.3 is 15.5 Å². The lowest BCUT2D eigenvalue weighted by atomic mass is 9.77. The van der Waals surface area contributed by atoms with Gasteiger partial charge in [0.25, 0.3) is 0 Å². The molecule has 0 radical (unpaired) electrons. The summed E-state index contributed by atoms with van der Waals surface area (Å²) in [6.07, 6.45) is 4.21. The summed E-state index contributed by atoms with van der Waals surface area (Å²) in [5.74, 6) is -0.179. The quantitative estimate of drug-likeness (QED) is 0.773. The first-order chi connectivity index (χ1) is 9.54. The molecule has 3 N–H and O–H groups in total. The highest BCUT2D eigenvalue weighted by Gasteiger charge is 2.32. The van der Waals surface area contributed by atoms with Crippen LogP contribution in [0.5, 0.6) is 0 Å². The number of carboxylic acids is 1. The summed E-state index contributed by atoms with van der Waals surface area (Å²) in [6.45, 7) is 2.98. The van der Waals surface area contributed by atoms with Crippen LogP contribution < -0.4 is 5.32 Å². The minimum Gasteiger partial charge on any atom is -0.478 e. The van der Waals surface area contributed by atoms with Crippen LogP contribution in [0, 0.1) is 5.92 Å². The molecule has 0 spiro atoms. The molecule has 1 saturated carbocycles. The third-order valence-corrected chi connectivity index (χ3v) is 4.38. The van der Waals surface area contributed by atoms with Gasteiger partial charge in [-0.1, -0.05) is 19.1 Å². The molecule has 0 aromatic heterocycles. The fourth-order valence-corrected chi connectivity index (χ4v) is 2.81. The van der Waals surface area contributed by atoms with Crippen molar-refractivity contribution >= 4 is 5.97 Å². The van der Waals surface area contributed by atoms with Crippen molar-refractivity contribution in [2.45, 2.75) is 44.7 Å². The van der Waals surface area contributed by atoms with Gasteiger partial charge in [-0.25, -0.2) is 4.79 Å². The average Bonchev–Trinajstić information content (AvgIpc) is 2.47. The van der Waals surface area contributed by atoms with Crippen molar-refractivity contribution in [2.24, 2.45) is 5.92 Å². The van der Waals surface area contributed by atoms with E-state index in [0.717, 1.165) is 37.2 Å². The number of hydrogen-bond acceptors (Lipinski definition) is 3. The normalized spacial score (nSPS) is 26.4. The number of aliphatic hydroxyl groups is 1. The van der Waals surface area contributed by atoms with Crippen LogP contribution in [0.1, 0.15) is 48.5 Å². The zero-order chi connectivity index (χ0) is 14.6. The van der Waals surface area contributed by atoms with Crippen LogP contribution in [-0.2, 0) is 6.54 Å². The Morgan fingerprint density at radius 2 is 2.10 bits per heavy atom. The van der Waals surface area contributed by atoms with Crippen molar-refractivity contribution in [1.29, 1.82) is 0 Å². The summed E-state index contributed by atoms with van der Waals surface area (Å²) in [6, 6.07) is 6.95. The smallest absolute Gasteiger partial charge is 0.335 e. The molecule has 1 fully saturated rings. The number of aromatic carboxylic acids is 1. The number of aliphatic hydroxyl groups excluding tert-OH is 1. The number of benzene rings is 1. The van der Waals surface area contributed by atoms with Gasteiger partial charge in [0.1, 0.15) is 0 Å². The van der Waals surface area contributed by atoms with E-state index in [9.17, 15) is 9.90 Å². The Labute approximate surface area is 119 Å². The summed E-state index contributed by atoms with van der Waals surface area (Å²) >= 11 is 0. The molecule has 0 heterocycles. The largest absolute Gasteiger partial charge is 0.478 e. The Hall–Kier alpha value is -1.39. The number of hydrogen-bond donors (Lipinski definition) is 3. The minimum absolute atomic E-state index is 0.137. The van der Waals surface area contributed by atoms with Crippen molar-refractivity contribution in [3.05, 3.63) is 35.4 Å². The summed E-state index contributed by atoms with van der Waals surface area (Å²) in [7, 11) is 0. The molecule has 0 bridgehead atoms. The van der Waals surface area contributed by atoms with Crippen molar-refractivity contribution in [3.63, 3.8) is 0 Å². The van der Waals surface area contributed by atoms with Gasteiger partial charge in [0.05, 0.1) is 12.2 Å². The molecule has 0 unspecified atom stereocenters. The third-order valence-electron chi connectivity index (χ3n) is 4.38. The maximum absolute atomic E-state index is 11.0. The standard InChI is InChI=1S/C16H23NO3/c1-12-5-7-16(11-18,8-6-12)17-10-13-3-2-4-14(9-13)15(19)20/h2-4,9,12,17-18H,5-8,10-11H2,1H3,(H,19,20). The topological polar surface area (TPSA) is 69.6 Å². The fraction of sp³-hybridized carbons (Fsp3) is 0.562. The molecule has 1 aromatic carbocycles. The Bertz CT molecular complexity index is 465. The molecule has 2 rings (SSSR count). The fourth-order valence-electron chi connectivity index (χ4n) is 2.81. The molecular formula is C16H23NO3.